The van der Waals surface area contributed by atoms with Gasteiger partial charge in [0.2, 0.25) is 0 Å². The third-order valence-corrected chi connectivity index (χ3v) is 2.14. The SMILES string of the molecule is CCOC(=O)C1=CC=CN2C=CNC12. The molecule has 1 atom stereocenters. The van der Waals surface area contributed by atoms with Gasteiger partial charge < -0.3 is 15.0 Å². The van der Waals surface area contributed by atoms with E-state index in [1.54, 1.807) is 13.0 Å². The van der Waals surface area contributed by atoms with Crippen LogP contribution in [-0.2, 0) is 9.53 Å². The molecule has 0 aromatic heterocycles. The van der Waals surface area contributed by atoms with Gasteiger partial charge in [0.1, 0.15) is 6.17 Å². The van der Waals surface area contributed by atoms with Crippen LogP contribution in [0.3, 0.4) is 0 Å². The molecule has 4 heteroatoms. The van der Waals surface area contributed by atoms with Crippen LogP contribution in [0.15, 0.2) is 36.3 Å². The Balaban J connectivity index is 2.15. The van der Waals surface area contributed by atoms with E-state index in [1.807, 2.05) is 29.6 Å². The van der Waals surface area contributed by atoms with Crippen molar-refractivity contribution in [3.63, 3.8) is 0 Å². The van der Waals surface area contributed by atoms with Crippen molar-refractivity contribution < 1.29 is 9.53 Å². The first-order valence-electron chi connectivity index (χ1n) is 4.58. The van der Waals surface area contributed by atoms with E-state index in [1.165, 1.54) is 0 Å². The van der Waals surface area contributed by atoms with Crippen LogP contribution in [0.25, 0.3) is 0 Å². The van der Waals surface area contributed by atoms with Crippen LogP contribution >= 0.6 is 0 Å². The van der Waals surface area contributed by atoms with Crippen LogP contribution in [-0.4, -0.2) is 23.6 Å². The molecule has 0 fully saturated rings. The molecule has 4 nitrogen and oxygen atoms in total. The number of nitrogens with zero attached hydrogens (tertiary/aromatic N) is 1. The second kappa shape index (κ2) is 3.57. The highest BCUT2D eigenvalue weighted by molar-refractivity contribution is 5.90. The number of ether oxygens (including phenoxy) is 1. The van der Waals surface area contributed by atoms with E-state index >= 15 is 0 Å². The lowest BCUT2D eigenvalue weighted by Crippen LogP contribution is -2.38. The highest BCUT2D eigenvalue weighted by atomic mass is 16.5. The molecule has 0 aromatic carbocycles. The Kier molecular flexibility index (Phi) is 2.26. The summed E-state index contributed by atoms with van der Waals surface area (Å²) in [5.74, 6) is -0.261. The summed E-state index contributed by atoms with van der Waals surface area (Å²) in [7, 11) is 0. The number of fused-ring (bicyclic) bond motifs is 1. The van der Waals surface area contributed by atoms with Gasteiger partial charge in [0.25, 0.3) is 0 Å². The summed E-state index contributed by atoms with van der Waals surface area (Å²) in [6.07, 6.45) is 9.11. The van der Waals surface area contributed by atoms with Crippen molar-refractivity contribution in [3.05, 3.63) is 36.3 Å². The second-order valence-corrected chi connectivity index (χ2v) is 3.02. The van der Waals surface area contributed by atoms with Crippen molar-refractivity contribution >= 4 is 5.97 Å². The predicted molar refractivity (Wildman–Crippen MR) is 51.8 cm³/mol. The van der Waals surface area contributed by atoms with E-state index < -0.39 is 0 Å². The molecule has 0 saturated heterocycles. The number of esters is 1. The number of carbonyl (C=O) groups is 1. The van der Waals surface area contributed by atoms with Gasteiger partial charge in [-0.05, 0) is 19.1 Å². The summed E-state index contributed by atoms with van der Waals surface area (Å²) in [5, 5.41) is 3.07. The standard InChI is InChI=1S/C10H12N2O2/c1-2-14-10(13)8-4-3-6-12-7-5-11-9(8)12/h3-7,9,11H,2H2,1H3. The molecular weight excluding hydrogens is 180 g/mol. The Morgan fingerprint density at radius 2 is 2.50 bits per heavy atom. The maximum atomic E-state index is 11.5. The fourth-order valence-corrected chi connectivity index (χ4v) is 1.51. The summed E-state index contributed by atoms with van der Waals surface area (Å²) in [4.78, 5) is 13.4. The minimum Gasteiger partial charge on any atom is -0.463 e. The summed E-state index contributed by atoms with van der Waals surface area (Å²) in [5.41, 5.74) is 0.638. The zero-order chi connectivity index (χ0) is 9.97. The Hall–Kier alpha value is -1.71. The molecule has 0 amide bonds. The lowest BCUT2D eigenvalue weighted by Gasteiger charge is -2.25. The van der Waals surface area contributed by atoms with Crippen LogP contribution in [0, 0.1) is 0 Å². The molecule has 2 rings (SSSR count). The van der Waals surface area contributed by atoms with Crippen LogP contribution in [0.2, 0.25) is 0 Å². The van der Waals surface area contributed by atoms with Crippen molar-refractivity contribution in [2.45, 2.75) is 13.1 Å². The largest absolute Gasteiger partial charge is 0.463 e. The second-order valence-electron chi connectivity index (χ2n) is 3.02. The van der Waals surface area contributed by atoms with E-state index in [-0.39, 0.29) is 12.1 Å². The quantitative estimate of drug-likeness (QED) is 0.654. The lowest BCUT2D eigenvalue weighted by molar-refractivity contribution is -0.139. The molecule has 14 heavy (non-hydrogen) atoms. The monoisotopic (exact) mass is 192 g/mol. The summed E-state index contributed by atoms with van der Waals surface area (Å²) >= 11 is 0. The number of carbonyl (C=O) groups excluding carboxylic acids is 1. The van der Waals surface area contributed by atoms with E-state index in [0.29, 0.717) is 12.2 Å². The van der Waals surface area contributed by atoms with Crippen molar-refractivity contribution in [2.75, 3.05) is 6.61 Å². The summed E-state index contributed by atoms with van der Waals surface area (Å²) in [6, 6.07) is 0. The van der Waals surface area contributed by atoms with Gasteiger partial charge in [0, 0.05) is 18.6 Å². The molecule has 0 saturated carbocycles. The zero-order valence-corrected chi connectivity index (χ0v) is 7.93. The van der Waals surface area contributed by atoms with Crippen LogP contribution < -0.4 is 5.32 Å². The molecule has 0 bridgehead atoms. The average molecular weight is 192 g/mol. The molecule has 2 aliphatic rings. The van der Waals surface area contributed by atoms with Crippen molar-refractivity contribution in [1.82, 2.24) is 10.2 Å². The summed E-state index contributed by atoms with van der Waals surface area (Å²) in [6.45, 7) is 2.20. The fraction of sp³-hybridized carbons (Fsp3) is 0.300. The van der Waals surface area contributed by atoms with Gasteiger partial charge in [-0.1, -0.05) is 0 Å². The molecule has 74 valence electrons. The normalized spacial score (nSPS) is 22.8. The van der Waals surface area contributed by atoms with E-state index in [4.69, 9.17) is 4.74 Å². The molecule has 0 spiro atoms. The maximum Gasteiger partial charge on any atom is 0.338 e. The predicted octanol–water partition coefficient (Wildman–Crippen LogP) is 0.706. The Labute approximate surface area is 82.5 Å². The van der Waals surface area contributed by atoms with E-state index in [2.05, 4.69) is 5.32 Å². The fourth-order valence-electron chi connectivity index (χ4n) is 1.51. The van der Waals surface area contributed by atoms with E-state index in [0.717, 1.165) is 0 Å². The summed E-state index contributed by atoms with van der Waals surface area (Å²) < 4.78 is 4.95. The minimum absolute atomic E-state index is 0.0981. The van der Waals surface area contributed by atoms with Gasteiger partial charge in [-0.25, -0.2) is 4.79 Å². The number of nitrogens with one attached hydrogen (secondary N) is 1. The third-order valence-electron chi connectivity index (χ3n) is 2.14. The Morgan fingerprint density at radius 1 is 1.64 bits per heavy atom. The van der Waals surface area contributed by atoms with Crippen LogP contribution in [0.1, 0.15) is 6.92 Å². The molecule has 0 aromatic rings. The van der Waals surface area contributed by atoms with Gasteiger partial charge in [-0.3, -0.25) is 0 Å². The van der Waals surface area contributed by atoms with E-state index in [9.17, 15) is 4.79 Å². The van der Waals surface area contributed by atoms with Crippen molar-refractivity contribution in [3.8, 4) is 0 Å². The molecule has 2 aliphatic heterocycles. The average Bonchev–Trinajstić information content (AvgIpc) is 2.65. The highest BCUT2D eigenvalue weighted by Crippen LogP contribution is 2.19. The lowest BCUT2D eigenvalue weighted by atomic mass is 10.1. The number of allylic oxidation sites excluding steroid dienone is 2. The minimum atomic E-state index is -0.261. The smallest absolute Gasteiger partial charge is 0.338 e. The third kappa shape index (κ3) is 1.39. The highest BCUT2D eigenvalue weighted by Gasteiger charge is 2.28. The Bertz CT molecular complexity index is 331. The topological polar surface area (TPSA) is 41.6 Å². The number of hydrogen-bond acceptors (Lipinski definition) is 4. The first kappa shape index (κ1) is 8.87. The molecule has 0 aliphatic carbocycles. The Morgan fingerprint density at radius 3 is 3.29 bits per heavy atom. The van der Waals surface area contributed by atoms with Gasteiger partial charge in [-0.15, -0.1) is 0 Å². The maximum absolute atomic E-state index is 11.5. The van der Waals surface area contributed by atoms with Gasteiger partial charge in [0.15, 0.2) is 0 Å². The van der Waals surface area contributed by atoms with Crippen molar-refractivity contribution in [1.29, 1.82) is 0 Å². The van der Waals surface area contributed by atoms with Crippen LogP contribution in [0.5, 0.6) is 0 Å². The molecule has 1 unspecified atom stereocenters. The molecule has 2 heterocycles. The molecule has 0 radical (unpaired) electrons. The zero-order valence-electron chi connectivity index (χ0n) is 7.93. The number of hydrogen-bond donors (Lipinski definition) is 1. The first-order valence-corrected chi connectivity index (χ1v) is 4.58. The van der Waals surface area contributed by atoms with Crippen LogP contribution in [0.4, 0.5) is 0 Å². The van der Waals surface area contributed by atoms with Gasteiger partial charge >= 0.3 is 5.97 Å². The number of rotatable bonds is 2. The van der Waals surface area contributed by atoms with Gasteiger partial charge in [0.05, 0.1) is 12.2 Å². The first-order chi connectivity index (χ1) is 6.83. The van der Waals surface area contributed by atoms with Crippen molar-refractivity contribution in [2.24, 2.45) is 0 Å². The molecule has 1 N–H and O–H groups in total. The van der Waals surface area contributed by atoms with Gasteiger partial charge in [-0.2, -0.15) is 0 Å². The molecular formula is C10H12N2O2.